The first-order valence-electron chi connectivity index (χ1n) is 7.32. The lowest BCUT2D eigenvalue weighted by Crippen LogP contribution is -2.36. The lowest BCUT2D eigenvalue weighted by atomic mass is 9.98. The number of oxazole rings is 1. The van der Waals surface area contributed by atoms with Gasteiger partial charge in [0, 0.05) is 31.1 Å². The van der Waals surface area contributed by atoms with Crippen LogP contribution in [0.15, 0.2) is 10.6 Å². The van der Waals surface area contributed by atoms with Gasteiger partial charge in [-0.3, -0.25) is 0 Å². The number of aryl methyl sites for hydroxylation is 1. The van der Waals surface area contributed by atoms with Gasteiger partial charge in [0.05, 0.1) is 6.20 Å². The highest BCUT2D eigenvalue weighted by molar-refractivity contribution is 5.02. The van der Waals surface area contributed by atoms with Crippen LogP contribution >= 0.6 is 0 Å². The van der Waals surface area contributed by atoms with Crippen molar-refractivity contribution in [3.05, 3.63) is 17.8 Å². The molecule has 0 bridgehead atoms. The van der Waals surface area contributed by atoms with Gasteiger partial charge in [0.25, 0.3) is 0 Å². The molecule has 2 rings (SSSR count). The van der Waals surface area contributed by atoms with Gasteiger partial charge < -0.3 is 14.5 Å². The van der Waals surface area contributed by atoms with Crippen LogP contribution in [0.3, 0.4) is 0 Å². The Labute approximate surface area is 115 Å². The third-order valence-corrected chi connectivity index (χ3v) is 3.42. The topological polar surface area (TPSA) is 47.3 Å². The highest BCUT2D eigenvalue weighted by Gasteiger charge is 2.19. The number of ether oxygens (including phenoxy) is 1. The van der Waals surface area contributed by atoms with E-state index in [-0.39, 0.29) is 5.54 Å². The second kappa shape index (κ2) is 6.53. The molecule has 2 heterocycles. The molecule has 1 aliphatic rings. The molecule has 19 heavy (non-hydrogen) atoms. The minimum Gasteiger partial charge on any atom is -0.445 e. The molecule has 0 spiro atoms. The zero-order valence-corrected chi connectivity index (χ0v) is 12.4. The predicted molar refractivity (Wildman–Crippen MR) is 75.4 cm³/mol. The summed E-state index contributed by atoms with van der Waals surface area (Å²) in [5.74, 6) is 2.42. The summed E-state index contributed by atoms with van der Waals surface area (Å²) >= 11 is 0. The summed E-state index contributed by atoms with van der Waals surface area (Å²) in [7, 11) is 0. The summed E-state index contributed by atoms with van der Waals surface area (Å²) in [6, 6.07) is 0. The second-order valence-electron chi connectivity index (χ2n) is 6.32. The zero-order chi connectivity index (χ0) is 13.7. The molecule has 4 nitrogen and oxygen atoms in total. The smallest absolute Gasteiger partial charge is 0.194 e. The first-order chi connectivity index (χ1) is 9.04. The summed E-state index contributed by atoms with van der Waals surface area (Å²) in [4.78, 5) is 4.39. The predicted octanol–water partition coefficient (Wildman–Crippen LogP) is 2.89. The van der Waals surface area contributed by atoms with Crippen molar-refractivity contribution in [2.75, 3.05) is 19.8 Å². The van der Waals surface area contributed by atoms with Crippen LogP contribution in [-0.2, 0) is 11.2 Å². The van der Waals surface area contributed by atoms with Crippen LogP contribution < -0.4 is 5.32 Å². The van der Waals surface area contributed by atoms with Crippen LogP contribution in [0, 0.1) is 0 Å². The minimum atomic E-state index is 0.184. The Bertz CT molecular complexity index is 376. The van der Waals surface area contributed by atoms with Crippen molar-refractivity contribution in [3.63, 3.8) is 0 Å². The average Bonchev–Trinajstić information content (AvgIpc) is 2.83. The number of hydrogen-bond donors (Lipinski definition) is 1. The highest BCUT2D eigenvalue weighted by atomic mass is 16.5. The zero-order valence-electron chi connectivity index (χ0n) is 12.4. The second-order valence-corrected chi connectivity index (χ2v) is 6.32. The number of rotatable bonds is 5. The molecule has 1 fully saturated rings. The molecule has 1 aromatic rings. The molecule has 0 atom stereocenters. The van der Waals surface area contributed by atoms with Gasteiger partial charge >= 0.3 is 0 Å². The van der Waals surface area contributed by atoms with Gasteiger partial charge in [-0.15, -0.1) is 0 Å². The lowest BCUT2D eigenvalue weighted by Gasteiger charge is -2.20. The molecule has 108 valence electrons. The van der Waals surface area contributed by atoms with E-state index in [1.165, 1.54) is 0 Å². The van der Waals surface area contributed by atoms with Gasteiger partial charge in [-0.25, -0.2) is 4.98 Å². The van der Waals surface area contributed by atoms with Crippen LogP contribution in [0.25, 0.3) is 0 Å². The quantitative estimate of drug-likeness (QED) is 0.832. The van der Waals surface area contributed by atoms with Crippen molar-refractivity contribution in [3.8, 4) is 0 Å². The van der Waals surface area contributed by atoms with Gasteiger partial charge in [0.15, 0.2) is 5.89 Å². The van der Waals surface area contributed by atoms with Crippen LogP contribution in [-0.4, -0.2) is 30.3 Å². The summed E-state index contributed by atoms with van der Waals surface area (Å²) in [5, 5.41) is 3.48. The van der Waals surface area contributed by atoms with E-state index in [4.69, 9.17) is 9.15 Å². The molecule has 0 aliphatic carbocycles. The molecule has 0 saturated carbocycles. The Kier molecular flexibility index (Phi) is 4.99. The number of aromatic nitrogens is 1. The van der Waals surface area contributed by atoms with Gasteiger partial charge in [-0.05, 0) is 46.6 Å². The summed E-state index contributed by atoms with van der Waals surface area (Å²) in [5.41, 5.74) is 0.184. The summed E-state index contributed by atoms with van der Waals surface area (Å²) < 4.78 is 11.2. The largest absolute Gasteiger partial charge is 0.445 e. The van der Waals surface area contributed by atoms with Gasteiger partial charge in [0.2, 0.25) is 0 Å². The molecule has 1 aliphatic heterocycles. The highest BCUT2D eigenvalue weighted by Crippen LogP contribution is 2.27. The van der Waals surface area contributed by atoms with Crippen LogP contribution in [0.2, 0.25) is 0 Å². The molecule has 0 aromatic carbocycles. The fourth-order valence-electron chi connectivity index (χ4n) is 2.31. The van der Waals surface area contributed by atoms with E-state index >= 15 is 0 Å². The van der Waals surface area contributed by atoms with E-state index in [9.17, 15) is 0 Å². The number of nitrogens with zero attached hydrogens (tertiary/aromatic N) is 1. The lowest BCUT2D eigenvalue weighted by molar-refractivity contribution is 0.0803. The Morgan fingerprint density at radius 1 is 1.32 bits per heavy atom. The maximum Gasteiger partial charge on any atom is 0.194 e. The Morgan fingerprint density at radius 3 is 2.74 bits per heavy atom. The monoisotopic (exact) mass is 266 g/mol. The van der Waals surface area contributed by atoms with E-state index < -0.39 is 0 Å². The van der Waals surface area contributed by atoms with E-state index in [0.717, 1.165) is 57.1 Å². The normalized spacial score (nSPS) is 17.8. The van der Waals surface area contributed by atoms with Crippen LogP contribution in [0.5, 0.6) is 0 Å². The maximum atomic E-state index is 5.86. The average molecular weight is 266 g/mol. The van der Waals surface area contributed by atoms with Gasteiger partial charge in [0.1, 0.15) is 5.76 Å². The summed E-state index contributed by atoms with van der Waals surface area (Å²) in [6.45, 7) is 9.23. The van der Waals surface area contributed by atoms with E-state index in [2.05, 4.69) is 31.1 Å². The Hall–Kier alpha value is -0.870. The molecule has 0 radical (unpaired) electrons. The molecule has 0 unspecified atom stereocenters. The molecular formula is C15H26N2O2. The summed E-state index contributed by atoms with van der Waals surface area (Å²) in [6.07, 6.45) is 5.99. The third kappa shape index (κ3) is 4.96. The molecule has 1 N–H and O–H groups in total. The Balaban J connectivity index is 1.74. The fraction of sp³-hybridized carbons (Fsp3) is 0.800. The standard InChI is InChI=1S/C15H26N2O2/c1-15(2,3)17-8-4-5-14-16-11-13(19-14)12-6-9-18-10-7-12/h11-12,17H,4-10H2,1-3H3. The van der Waals surface area contributed by atoms with Crippen LogP contribution in [0.1, 0.15) is 57.6 Å². The van der Waals surface area contributed by atoms with E-state index in [0.29, 0.717) is 5.92 Å². The first-order valence-corrected chi connectivity index (χ1v) is 7.32. The fourth-order valence-corrected chi connectivity index (χ4v) is 2.31. The number of nitrogens with one attached hydrogen (secondary N) is 1. The SMILES string of the molecule is CC(C)(C)NCCCc1ncc(C2CCOCC2)o1. The molecule has 1 aromatic heterocycles. The first kappa shape index (κ1) is 14.5. The molecule has 1 saturated heterocycles. The van der Waals surface area contributed by atoms with Gasteiger partial charge in [-0.2, -0.15) is 0 Å². The van der Waals surface area contributed by atoms with Crippen molar-refractivity contribution in [2.24, 2.45) is 0 Å². The third-order valence-electron chi connectivity index (χ3n) is 3.42. The molecule has 4 heteroatoms. The molecular weight excluding hydrogens is 240 g/mol. The van der Waals surface area contributed by atoms with Gasteiger partial charge in [-0.1, -0.05) is 0 Å². The Morgan fingerprint density at radius 2 is 2.05 bits per heavy atom. The van der Waals surface area contributed by atoms with Crippen molar-refractivity contribution in [1.82, 2.24) is 10.3 Å². The number of hydrogen-bond acceptors (Lipinski definition) is 4. The van der Waals surface area contributed by atoms with Crippen LogP contribution in [0.4, 0.5) is 0 Å². The molecule has 0 amide bonds. The van der Waals surface area contributed by atoms with Crippen molar-refractivity contribution in [1.29, 1.82) is 0 Å². The minimum absolute atomic E-state index is 0.184. The van der Waals surface area contributed by atoms with Crippen molar-refractivity contribution < 1.29 is 9.15 Å². The van der Waals surface area contributed by atoms with E-state index in [1.807, 2.05) is 6.20 Å². The maximum absolute atomic E-state index is 5.86. The van der Waals surface area contributed by atoms with Crippen molar-refractivity contribution >= 4 is 0 Å². The van der Waals surface area contributed by atoms with E-state index in [1.54, 1.807) is 0 Å². The van der Waals surface area contributed by atoms with Crippen molar-refractivity contribution in [2.45, 2.75) is 57.9 Å².